The Labute approximate surface area is 78.8 Å². The lowest BCUT2D eigenvalue weighted by atomic mass is 10.5. The average molecular weight is 184 g/mol. The Bertz CT molecular complexity index is 216. The molecule has 0 aromatic carbocycles. The summed E-state index contributed by atoms with van der Waals surface area (Å²) in [6.45, 7) is 4.65. The van der Waals surface area contributed by atoms with Crippen molar-refractivity contribution in [2.24, 2.45) is 0 Å². The smallest absolute Gasteiger partial charge is 0.308 e. The van der Waals surface area contributed by atoms with Crippen molar-refractivity contribution < 1.29 is 9.53 Å². The Morgan fingerprint density at radius 3 is 2.69 bits per heavy atom. The molecule has 0 bridgehead atoms. The lowest BCUT2D eigenvalue weighted by Gasteiger charge is -2.28. The second-order valence-electron chi connectivity index (χ2n) is 2.96. The van der Waals surface area contributed by atoms with Crippen LogP contribution in [0.1, 0.15) is 20.3 Å². The zero-order chi connectivity index (χ0) is 9.84. The summed E-state index contributed by atoms with van der Waals surface area (Å²) in [7, 11) is 1.89. The van der Waals surface area contributed by atoms with Gasteiger partial charge in [-0.2, -0.15) is 0 Å². The Morgan fingerprint density at radius 1 is 1.46 bits per heavy atom. The van der Waals surface area contributed by atoms with E-state index in [2.05, 4.69) is 0 Å². The number of hydrogen-bond donors (Lipinski definition) is 0. The van der Waals surface area contributed by atoms with Crippen molar-refractivity contribution in [3.05, 3.63) is 12.4 Å². The minimum atomic E-state index is -0.252. The highest BCUT2D eigenvalue weighted by Crippen LogP contribution is 2.14. The van der Waals surface area contributed by atoms with Crippen LogP contribution in [0.2, 0.25) is 0 Å². The van der Waals surface area contributed by atoms with Gasteiger partial charge in [-0.3, -0.25) is 4.79 Å². The molecule has 0 aromatic rings. The van der Waals surface area contributed by atoms with Gasteiger partial charge in [0.15, 0.2) is 0 Å². The summed E-state index contributed by atoms with van der Waals surface area (Å²) in [4.78, 5) is 14.9. The number of carbonyl (C=O) groups excluding carboxylic acids is 1. The van der Waals surface area contributed by atoms with E-state index in [0.717, 1.165) is 6.54 Å². The first-order chi connectivity index (χ1) is 6.19. The molecule has 0 amide bonds. The van der Waals surface area contributed by atoms with E-state index in [4.69, 9.17) is 4.74 Å². The fourth-order valence-electron chi connectivity index (χ4n) is 1.19. The number of rotatable bonds is 3. The molecule has 0 saturated heterocycles. The van der Waals surface area contributed by atoms with Crippen molar-refractivity contribution >= 4 is 5.97 Å². The quantitative estimate of drug-likeness (QED) is 0.612. The van der Waals surface area contributed by atoms with Crippen LogP contribution in [0, 0.1) is 0 Å². The van der Waals surface area contributed by atoms with Crippen LogP contribution in [-0.2, 0) is 9.53 Å². The van der Waals surface area contributed by atoms with Gasteiger partial charge in [0.25, 0.3) is 6.35 Å². The molecule has 1 aliphatic heterocycles. The van der Waals surface area contributed by atoms with Crippen LogP contribution in [0.5, 0.6) is 0 Å². The summed E-state index contributed by atoms with van der Waals surface area (Å²) < 4.78 is 5.23. The molecule has 13 heavy (non-hydrogen) atoms. The molecule has 0 radical (unpaired) electrons. The third kappa shape index (κ3) is 2.14. The van der Waals surface area contributed by atoms with Gasteiger partial charge in [-0.15, -0.1) is 0 Å². The van der Waals surface area contributed by atoms with Gasteiger partial charge in [0.05, 0.1) is 0 Å². The third-order valence-electron chi connectivity index (χ3n) is 2.02. The summed E-state index contributed by atoms with van der Waals surface area (Å²) >= 11 is 0. The second kappa shape index (κ2) is 4.16. The second-order valence-corrected chi connectivity index (χ2v) is 2.96. The fourth-order valence-corrected chi connectivity index (χ4v) is 1.19. The molecule has 0 saturated carbocycles. The summed E-state index contributed by atoms with van der Waals surface area (Å²) in [5, 5.41) is 0. The van der Waals surface area contributed by atoms with E-state index in [1.54, 1.807) is 6.92 Å². The van der Waals surface area contributed by atoms with Crippen molar-refractivity contribution in [2.45, 2.75) is 26.6 Å². The first kappa shape index (κ1) is 9.89. The van der Waals surface area contributed by atoms with Gasteiger partial charge in [0.1, 0.15) is 0 Å². The standard InChI is InChI=1S/C9H16N2O2/c1-4-8(12)13-9-10(3)6-7-11(9)5-2/h6-7,9H,4-5H2,1-3H3. The fraction of sp³-hybridized carbons (Fsp3) is 0.667. The molecule has 4 heteroatoms. The van der Waals surface area contributed by atoms with Crippen LogP contribution in [-0.4, -0.2) is 35.7 Å². The average Bonchev–Trinajstić information content (AvgIpc) is 2.48. The summed E-state index contributed by atoms with van der Waals surface area (Å²) in [5.74, 6) is -0.168. The third-order valence-corrected chi connectivity index (χ3v) is 2.02. The summed E-state index contributed by atoms with van der Waals surface area (Å²) in [6, 6.07) is 0. The Kier molecular flexibility index (Phi) is 3.17. The first-order valence-electron chi connectivity index (χ1n) is 4.54. The van der Waals surface area contributed by atoms with E-state index in [1.165, 1.54) is 0 Å². The molecule has 0 spiro atoms. The maximum Gasteiger partial charge on any atom is 0.308 e. The van der Waals surface area contributed by atoms with Gasteiger partial charge < -0.3 is 14.5 Å². The van der Waals surface area contributed by atoms with Crippen LogP contribution in [0.15, 0.2) is 12.4 Å². The molecule has 0 fully saturated rings. The van der Waals surface area contributed by atoms with Gasteiger partial charge in [0, 0.05) is 32.4 Å². The normalized spacial score (nSPS) is 21.0. The van der Waals surface area contributed by atoms with Crippen LogP contribution < -0.4 is 0 Å². The first-order valence-corrected chi connectivity index (χ1v) is 4.54. The molecular weight excluding hydrogens is 168 g/mol. The summed E-state index contributed by atoms with van der Waals surface area (Å²) in [5.41, 5.74) is 0. The van der Waals surface area contributed by atoms with Crippen molar-refractivity contribution in [1.82, 2.24) is 9.80 Å². The molecular formula is C9H16N2O2. The van der Waals surface area contributed by atoms with Gasteiger partial charge >= 0.3 is 5.97 Å². The van der Waals surface area contributed by atoms with Gasteiger partial charge in [-0.05, 0) is 6.92 Å². The molecule has 1 rings (SSSR count). The molecule has 1 aliphatic rings. The lowest BCUT2D eigenvalue weighted by Crippen LogP contribution is -2.40. The van der Waals surface area contributed by atoms with E-state index in [1.807, 2.05) is 36.2 Å². The maximum absolute atomic E-state index is 11.1. The Hall–Kier alpha value is -1.19. The zero-order valence-electron chi connectivity index (χ0n) is 8.36. The van der Waals surface area contributed by atoms with E-state index in [0.29, 0.717) is 6.42 Å². The van der Waals surface area contributed by atoms with Crippen LogP contribution in [0.3, 0.4) is 0 Å². The lowest BCUT2D eigenvalue weighted by molar-refractivity contribution is -0.166. The van der Waals surface area contributed by atoms with E-state index < -0.39 is 0 Å². The molecule has 0 aliphatic carbocycles. The van der Waals surface area contributed by atoms with Gasteiger partial charge in [-0.1, -0.05) is 6.92 Å². The maximum atomic E-state index is 11.1. The number of hydrogen-bond acceptors (Lipinski definition) is 4. The van der Waals surface area contributed by atoms with E-state index >= 15 is 0 Å². The molecule has 1 heterocycles. The highest BCUT2D eigenvalue weighted by Gasteiger charge is 2.25. The molecule has 0 aromatic heterocycles. The van der Waals surface area contributed by atoms with Gasteiger partial charge in [-0.25, -0.2) is 0 Å². The number of esters is 1. The Balaban J connectivity index is 2.52. The van der Waals surface area contributed by atoms with Crippen LogP contribution in [0.25, 0.3) is 0 Å². The zero-order valence-corrected chi connectivity index (χ0v) is 8.36. The van der Waals surface area contributed by atoms with Crippen LogP contribution in [0.4, 0.5) is 0 Å². The van der Waals surface area contributed by atoms with Crippen molar-refractivity contribution in [1.29, 1.82) is 0 Å². The predicted molar refractivity (Wildman–Crippen MR) is 49.5 cm³/mol. The minimum Gasteiger partial charge on any atom is -0.422 e. The molecule has 0 N–H and O–H groups in total. The number of nitrogens with zero attached hydrogens (tertiary/aromatic N) is 2. The van der Waals surface area contributed by atoms with Crippen molar-refractivity contribution in [3.8, 4) is 0 Å². The SMILES string of the molecule is CCC(=O)OC1N(C)C=CN1CC. The highest BCUT2D eigenvalue weighted by molar-refractivity contribution is 5.69. The number of ether oxygens (including phenoxy) is 1. The molecule has 74 valence electrons. The van der Waals surface area contributed by atoms with Crippen LogP contribution >= 0.6 is 0 Å². The van der Waals surface area contributed by atoms with E-state index in [9.17, 15) is 4.79 Å². The van der Waals surface area contributed by atoms with Gasteiger partial charge in [0.2, 0.25) is 0 Å². The molecule has 1 unspecified atom stereocenters. The number of carbonyl (C=O) groups is 1. The monoisotopic (exact) mass is 184 g/mol. The van der Waals surface area contributed by atoms with Crippen molar-refractivity contribution in [2.75, 3.05) is 13.6 Å². The topological polar surface area (TPSA) is 32.8 Å². The molecule has 1 atom stereocenters. The largest absolute Gasteiger partial charge is 0.422 e. The summed E-state index contributed by atoms with van der Waals surface area (Å²) in [6.07, 6.45) is 3.99. The Morgan fingerprint density at radius 2 is 2.15 bits per heavy atom. The molecule has 4 nitrogen and oxygen atoms in total. The van der Waals surface area contributed by atoms with E-state index in [-0.39, 0.29) is 12.3 Å². The predicted octanol–water partition coefficient (Wildman–Crippen LogP) is 0.962. The highest BCUT2D eigenvalue weighted by atomic mass is 16.6. The van der Waals surface area contributed by atoms with Crippen molar-refractivity contribution in [3.63, 3.8) is 0 Å². The minimum absolute atomic E-state index is 0.168.